The summed E-state index contributed by atoms with van der Waals surface area (Å²) in [6.07, 6.45) is 1.06. The van der Waals surface area contributed by atoms with Gasteiger partial charge in [0.1, 0.15) is 0 Å². The summed E-state index contributed by atoms with van der Waals surface area (Å²) in [5.74, 6) is 0.143. The monoisotopic (exact) mass is 351 g/mol. The minimum atomic E-state index is -0.0756. The molecule has 2 aromatic carbocycles. The number of nitrogens with two attached hydrogens (primary N) is 1. The lowest BCUT2D eigenvalue weighted by Gasteiger charge is -2.31. The summed E-state index contributed by atoms with van der Waals surface area (Å²) in [7, 11) is 1.91. The smallest absolute Gasteiger partial charge is 0.237 e. The van der Waals surface area contributed by atoms with Crippen molar-refractivity contribution in [3.63, 3.8) is 0 Å². The number of nitrogens with zero attached hydrogens (tertiary/aromatic N) is 2. The summed E-state index contributed by atoms with van der Waals surface area (Å²) in [5.41, 5.74) is 8.29. The molecule has 1 fully saturated rings. The summed E-state index contributed by atoms with van der Waals surface area (Å²) in [6, 6.07) is 20.4. The fraction of sp³-hybridized carbons (Fsp3) is 0.409. The zero-order valence-electron chi connectivity index (χ0n) is 15.8. The third-order valence-corrected chi connectivity index (χ3v) is 5.50. The average molecular weight is 351 g/mol. The number of hydrogen-bond acceptors (Lipinski definition) is 3. The van der Waals surface area contributed by atoms with E-state index in [-0.39, 0.29) is 17.4 Å². The molecule has 2 aromatic rings. The molecular formula is C22H29N3O. The highest BCUT2D eigenvalue weighted by molar-refractivity contribution is 5.79. The predicted molar refractivity (Wildman–Crippen MR) is 106 cm³/mol. The second-order valence-corrected chi connectivity index (χ2v) is 7.70. The Morgan fingerprint density at radius 1 is 1.12 bits per heavy atom. The van der Waals surface area contributed by atoms with E-state index in [2.05, 4.69) is 36.1 Å². The van der Waals surface area contributed by atoms with Gasteiger partial charge in [0, 0.05) is 13.6 Å². The molecule has 1 saturated heterocycles. The van der Waals surface area contributed by atoms with Crippen LogP contribution in [-0.4, -0.2) is 48.9 Å². The molecule has 0 spiro atoms. The van der Waals surface area contributed by atoms with Gasteiger partial charge in [-0.2, -0.15) is 0 Å². The summed E-state index contributed by atoms with van der Waals surface area (Å²) in [6.45, 7) is 5.16. The molecule has 0 radical (unpaired) electrons. The van der Waals surface area contributed by atoms with Gasteiger partial charge >= 0.3 is 0 Å². The number of likely N-dealkylation sites (N-methyl/N-ethyl adjacent to an activating group) is 1. The first-order chi connectivity index (χ1) is 12.5. The molecule has 1 aliphatic rings. The zero-order valence-corrected chi connectivity index (χ0v) is 15.8. The van der Waals surface area contributed by atoms with Crippen molar-refractivity contribution >= 4 is 5.91 Å². The minimum Gasteiger partial charge on any atom is -0.334 e. The van der Waals surface area contributed by atoms with E-state index >= 15 is 0 Å². The first-order valence-corrected chi connectivity index (χ1v) is 9.30. The van der Waals surface area contributed by atoms with Crippen LogP contribution in [0.25, 0.3) is 0 Å². The molecule has 0 saturated carbocycles. The Hall–Kier alpha value is -2.17. The van der Waals surface area contributed by atoms with Crippen LogP contribution in [0.15, 0.2) is 60.7 Å². The molecule has 4 heteroatoms. The van der Waals surface area contributed by atoms with Crippen LogP contribution in [-0.2, 0) is 4.79 Å². The molecule has 1 aliphatic heterocycles. The molecule has 138 valence electrons. The molecular weight excluding hydrogens is 322 g/mol. The molecule has 0 aliphatic carbocycles. The van der Waals surface area contributed by atoms with Crippen LogP contribution in [0.3, 0.4) is 0 Å². The maximum atomic E-state index is 13.0. The van der Waals surface area contributed by atoms with Gasteiger partial charge in [-0.1, -0.05) is 67.6 Å². The standard InChI is InChI=1S/C22H29N3O/c1-22(16-23)13-14-25(17-22)15-20(26)24(2)21(18-9-5-3-6-10-18)19-11-7-4-8-12-19/h3-12,21H,13-17,23H2,1-2H3. The summed E-state index contributed by atoms with van der Waals surface area (Å²) in [5, 5.41) is 0. The van der Waals surface area contributed by atoms with Crippen LogP contribution in [0.4, 0.5) is 0 Å². The van der Waals surface area contributed by atoms with Crippen molar-refractivity contribution < 1.29 is 4.79 Å². The summed E-state index contributed by atoms with van der Waals surface area (Å²) in [4.78, 5) is 17.2. The third-order valence-electron chi connectivity index (χ3n) is 5.50. The van der Waals surface area contributed by atoms with Gasteiger partial charge in [0.15, 0.2) is 0 Å². The molecule has 0 aromatic heterocycles. The number of carbonyl (C=O) groups is 1. The van der Waals surface area contributed by atoms with Crippen molar-refractivity contribution in [1.29, 1.82) is 0 Å². The average Bonchev–Trinajstić information content (AvgIpc) is 3.05. The zero-order chi connectivity index (χ0) is 18.6. The Morgan fingerprint density at radius 3 is 2.12 bits per heavy atom. The number of hydrogen-bond donors (Lipinski definition) is 1. The van der Waals surface area contributed by atoms with Gasteiger partial charge < -0.3 is 10.6 Å². The fourth-order valence-electron chi connectivity index (χ4n) is 3.78. The van der Waals surface area contributed by atoms with Gasteiger partial charge in [-0.25, -0.2) is 0 Å². The van der Waals surface area contributed by atoms with Crippen LogP contribution in [0.5, 0.6) is 0 Å². The lowest BCUT2D eigenvalue weighted by Crippen LogP contribution is -2.41. The predicted octanol–water partition coefficient (Wildman–Crippen LogP) is 2.91. The molecule has 3 rings (SSSR count). The van der Waals surface area contributed by atoms with Crippen LogP contribution in [0, 0.1) is 5.41 Å². The Morgan fingerprint density at radius 2 is 1.65 bits per heavy atom. The van der Waals surface area contributed by atoms with Crippen LogP contribution in [0.1, 0.15) is 30.5 Å². The normalized spacial score (nSPS) is 20.5. The first kappa shape index (κ1) is 18.6. The first-order valence-electron chi connectivity index (χ1n) is 9.30. The van der Waals surface area contributed by atoms with E-state index in [0.29, 0.717) is 13.1 Å². The van der Waals surface area contributed by atoms with Gasteiger partial charge in [-0.15, -0.1) is 0 Å². The van der Waals surface area contributed by atoms with E-state index in [1.54, 1.807) is 0 Å². The van der Waals surface area contributed by atoms with Crippen molar-refractivity contribution in [2.75, 3.05) is 33.2 Å². The highest BCUT2D eigenvalue weighted by Gasteiger charge is 2.34. The molecule has 2 N–H and O–H groups in total. The van der Waals surface area contributed by atoms with Crippen molar-refractivity contribution in [3.8, 4) is 0 Å². The number of benzene rings is 2. The summed E-state index contributed by atoms with van der Waals surface area (Å²) < 4.78 is 0. The van der Waals surface area contributed by atoms with Crippen molar-refractivity contribution in [3.05, 3.63) is 71.8 Å². The molecule has 0 bridgehead atoms. The summed E-state index contributed by atoms with van der Waals surface area (Å²) >= 11 is 0. The molecule has 26 heavy (non-hydrogen) atoms. The quantitative estimate of drug-likeness (QED) is 0.871. The molecule has 1 atom stereocenters. The Kier molecular flexibility index (Phi) is 5.74. The van der Waals surface area contributed by atoms with Crippen molar-refractivity contribution in [2.45, 2.75) is 19.4 Å². The number of rotatable bonds is 6. The maximum Gasteiger partial charge on any atom is 0.237 e. The number of likely N-dealkylation sites (tertiary alicyclic amines) is 1. The van der Waals surface area contributed by atoms with Gasteiger partial charge in [-0.05, 0) is 36.1 Å². The van der Waals surface area contributed by atoms with Crippen molar-refractivity contribution in [1.82, 2.24) is 9.80 Å². The lowest BCUT2D eigenvalue weighted by molar-refractivity contribution is -0.132. The molecule has 1 unspecified atom stereocenters. The van der Waals surface area contributed by atoms with Gasteiger partial charge in [-0.3, -0.25) is 9.69 Å². The molecule has 1 heterocycles. The van der Waals surface area contributed by atoms with Crippen molar-refractivity contribution in [2.24, 2.45) is 11.1 Å². The largest absolute Gasteiger partial charge is 0.334 e. The lowest BCUT2D eigenvalue weighted by atomic mass is 9.90. The molecule has 4 nitrogen and oxygen atoms in total. The second kappa shape index (κ2) is 8.02. The van der Waals surface area contributed by atoms with Crippen LogP contribution in [0.2, 0.25) is 0 Å². The van der Waals surface area contributed by atoms with E-state index in [1.165, 1.54) is 0 Å². The SMILES string of the molecule is CN(C(=O)CN1CCC(C)(CN)C1)C(c1ccccc1)c1ccccc1. The van der Waals surface area contributed by atoms with Crippen LogP contribution < -0.4 is 5.73 Å². The maximum absolute atomic E-state index is 13.0. The number of carbonyl (C=O) groups excluding carboxylic acids is 1. The van der Waals surface area contributed by atoms with E-state index < -0.39 is 0 Å². The van der Waals surface area contributed by atoms with E-state index in [1.807, 2.05) is 48.3 Å². The van der Waals surface area contributed by atoms with Gasteiger partial charge in [0.2, 0.25) is 5.91 Å². The van der Waals surface area contributed by atoms with E-state index in [4.69, 9.17) is 5.73 Å². The highest BCUT2D eigenvalue weighted by atomic mass is 16.2. The Labute approximate surface area is 156 Å². The fourth-order valence-corrected chi connectivity index (χ4v) is 3.78. The Balaban J connectivity index is 1.77. The number of amides is 1. The second-order valence-electron chi connectivity index (χ2n) is 7.70. The van der Waals surface area contributed by atoms with E-state index in [9.17, 15) is 4.79 Å². The van der Waals surface area contributed by atoms with Crippen LogP contribution >= 0.6 is 0 Å². The van der Waals surface area contributed by atoms with Gasteiger partial charge in [0.05, 0.1) is 12.6 Å². The molecule has 1 amide bonds. The highest BCUT2D eigenvalue weighted by Crippen LogP contribution is 2.30. The minimum absolute atomic E-state index is 0.0756. The third kappa shape index (κ3) is 4.14. The topological polar surface area (TPSA) is 49.6 Å². The van der Waals surface area contributed by atoms with E-state index in [0.717, 1.165) is 30.6 Å². The van der Waals surface area contributed by atoms with Gasteiger partial charge in [0.25, 0.3) is 0 Å². The Bertz CT molecular complexity index is 679.